The molecule has 0 radical (unpaired) electrons. The number of anilines is 1. The number of hydrogen-bond donors (Lipinski definition) is 1. The van der Waals surface area contributed by atoms with E-state index < -0.39 is 12.5 Å². The normalized spacial score (nSPS) is 15.2. The molecule has 14 heteroatoms. The lowest BCUT2D eigenvalue weighted by atomic mass is 10.0. The number of nitrogens with one attached hydrogen (secondary N) is 1. The number of amides is 1. The Bertz CT molecular complexity index is 1670. The standard InChI is InChI=1S/C30H27F3N6O3S2/c1-18(2)24-6-4-5-7-25(24)39-26(40)16-44-29(39)35-28(43)37-42-19(3)20-8-10-21(11-9-20)27-34-17-38(36-27)22-12-14-23(15-13-22)41-30(31,32)33/h4-15,17-19H,16H2,1-3H3,(H,37,43)/b35-29-. The zero-order valence-corrected chi connectivity index (χ0v) is 25.4. The monoisotopic (exact) mass is 640 g/mol. The molecule has 1 aliphatic rings. The number of hydrogen-bond acceptors (Lipinski definition) is 7. The van der Waals surface area contributed by atoms with Gasteiger partial charge in [0.15, 0.2) is 11.0 Å². The van der Waals surface area contributed by atoms with Crippen LogP contribution < -0.4 is 15.1 Å². The molecule has 1 saturated heterocycles. The Morgan fingerprint density at radius 3 is 2.43 bits per heavy atom. The molecule has 1 aliphatic heterocycles. The summed E-state index contributed by atoms with van der Waals surface area (Å²) in [5.74, 6) is 0.543. The number of hydroxylamine groups is 1. The molecule has 228 valence electrons. The molecule has 0 bridgehead atoms. The van der Waals surface area contributed by atoms with Crippen molar-refractivity contribution in [2.75, 3.05) is 10.7 Å². The van der Waals surface area contributed by atoms with E-state index in [1.807, 2.05) is 55.5 Å². The number of rotatable bonds is 8. The summed E-state index contributed by atoms with van der Waals surface area (Å²) in [6, 6.07) is 20.4. The first-order chi connectivity index (χ1) is 21.0. The molecule has 9 nitrogen and oxygen atoms in total. The third kappa shape index (κ3) is 7.44. The van der Waals surface area contributed by atoms with Crippen molar-refractivity contribution in [3.05, 3.63) is 90.3 Å². The van der Waals surface area contributed by atoms with E-state index in [1.165, 1.54) is 47.0 Å². The highest BCUT2D eigenvalue weighted by molar-refractivity contribution is 8.15. The van der Waals surface area contributed by atoms with Gasteiger partial charge in [0, 0.05) is 5.56 Å². The molecule has 1 unspecified atom stereocenters. The number of halogens is 3. The largest absolute Gasteiger partial charge is 0.573 e. The molecule has 44 heavy (non-hydrogen) atoms. The number of aromatic nitrogens is 3. The van der Waals surface area contributed by atoms with Crippen LogP contribution in [0, 0.1) is 0 Å². The molecule has 1 amide bonds. The second-order valence-corrected chi connectivity index (χ2v) is 11.3. The predicted octanol–water partition coefficient (Wildman–Crippen LogP) is 6.96. The Hall–Kier alpha value is -4.27. The maximum Gasteiger partial charge on any atom is 0.573 e. The Labute approximate surface area is 261 Å². The second-order valence-electron chi connectivity index (χ2n) is 9.97. The van der Waals surface area contributed by atoms with Crippen LogP contribution in [0.15, 0.2) is 84.1 Å². The summed E-state index contributed by atoms with van der Waals surface area (Å²) in [5.41, 5.74) is 6.64. The summed E-state index contributed by atoms with van der Waals surface area (Å²) in [4.78, 5) is 28.8. The minimum atomic E-state index is -4.76. The molecular weight excluding hydrogens is 613 g/mol. The molecule has 4 aromatic rings. The molecule has 1 fully saturated rings. The number of amidine groups is 1. The number of ether oxygens (including phenoxy) is 1. The van der Waals surface area contributed by atoms with Gasteiger partial charge in [0.2, 0.25) is 11.0 Å². The third-order valence-electron chi connectivity index (χ3n) is 6.55. The van der Waals surface area contributed by atoms with E-state index in [0.717, 1.165) is 22.4 Å². The van der Waals surface area contributed by atoms with Gasteiger partial charge in [-0.15, -0.1) is 18.3 Å². The van der Waals surface area contributed by atoms with Crippen molar-refractivity contribution in [3.63, 3.8) is 0 Å². The highest BCUT2D eigenvalue weighted by Crippen LogP contribution is 2.33. The molecule has 5 rings (SSSR count). The van der Waals surface area contributed by atoms with Gasteiger partial charge < -0.3 is 4.74 Å². The van der Waals surface area contributed by atoms with Crippen LogP contribution in [0.5, 0.6) is 5.75 Å². The van der Waals surface area contributed by atoms with E-state index >= 15 is 0 Å². The fraction of sp³-hybridized carbons (Fsp3) is 0.233. The average Bonchev–Trinajstić information content (AvgIpc) is 3.62. The van der Waals surface area contributed by atoms with E-state index in [4.69, 9.17) is 17.1 Å². The third-order valence-corrected chi connectivity index (χ3v) is 7.65. The van der Waals surface area contributed by atoms with Gasteiger partial charge in [-0.25, -0.2) is 15.1 Å². The number of nitrogens with zero attached hydrogens (tertiary/aromatic N) is 5. The summed E-state index contributed by atoms with van der Waals surface area (Å²) in [7, 11) is 0. The van der Waals surface area contributed by atoms with Gasteiger partial charge in [-0.1, -0.05) is 68.1 Å². The molecule has 1 aromatic heterocycles. The van der Waals surface area contributed by atoms with Gasteiger partial charge >= 0.3 is 6.36 Å². The number of carbonyl (C=O) groups excluding carboxylic acids is 1. The molecule has 0 saturated carbocycles. The first-order valence-corrected chi connectivity index (χ1v) is 14.8. The average molecular weight is 641 g/mol. The summed E-state index contributed by atoms with van der Waals surface area (Å²) in [6.45, 7) is 5.99. The Balaban J connectivity index is 1.20. The van der Waals surface area contributed by atoms with E-state index in [0.29, 0.717) is 16.7 Å². The topological polar surface area (TPSA) is 93.9 Å². The van der Waals surface area contributed by atoms with Gasteiger partial charge in [0.05, 0.1) is 17.1 Å². The first-order valence-electron chi connectivity index (χ1n) is 13.5. The molecule has 1 atom stereocenters. The van der Waals surface area contributed by atoms with Crippen LogP contribution >= 0.6 is 24.0 Å². The lowest BCUT2D eigenvalue weighted by Gasteiger charge is -2.21. The van der Waals surface area contributed by atoms with Crippen LogP contribution in [0.4, 0.5) is 18.9 Å². The maximum absolute atomic E-state index is 12.7. The number of para-hydroxylation sites is 1. The number of thioether (sulfide) groups is 1. The van der Waals surface area contributed by atoms with Crippen molar-refractivity contribution in [3.8, 4) is 22.8 Å². The minimum absolute atomic E-state index is 0.0632. The van der Waals surface area contributed by atoms with Crippen molar-refractivity contribution in [2.24, 2.45) is 4.99 Å². The predicted molar refractivity (Wildman–Crippen MR) is 167 cm³/mol. The Morgan fingerprint density at radius 2 is 1.75 bits per heavy atom. The van der Waals surface area contributed by atoms with Gasteiger partial charge in [0.1, 0.15) is 18.2 Å². The molecule has 1 N–H and O–H groups in total. The lowest BCUT2D eigenvalue weighted by Crippen LogP contribution is -2.32. The molecule has 0 aliphatic carbocycles. The molecule has 0 spiro atoms. The first kappa shape index (κ1) is 31.2. The Morgan fingerprint density at radius 1 is 1.05 bits per heavy atom. The van der Waals surface area contributed by atoms with Gasteiger partial charge in [-0.3, -0.25) is 14.5 Å². The smallest absolute Gasteiger partial charge is 0.406 e. The summed E-state index contributed by atoms with van der Waals surface area (Å²) >= 11 is 6.71. The quantitative estimate of drug-likeness (QED) is 0.163. The summed E-state index contributed by atoms with van der Waals surface area (Å²) in [5, 5.41) is 5.00. The highest BCUT2D eigenvalue weighted by atomic mass is 32.2. The number of thiocarbonyl (C=S) groups is 1. The molecular formula is C30H27F3N6O3S2. The number of alkyl halides is 3. The number of aliphatic imine (C=N–C) groups is 1. The van der Waals surface area contributed by atoms with E-state index in [9.17, 15) is 18.0 Å². The van der Waals surface area contributed by atoms with E-state index in [2.05, 4.69) is 39.1 Å². The van der Waals surface area contributed by atoms with Crippen molar-refractivity contribution in [1.29, 1.82) is 0 Å². The maximum atomic E-state index is 12.7. The molecule has 2 heterocycles. The second kappa shape index (κ2) is 13.2. The SMILES string of the molecule is CC(C)c1ccccc1N1C(=O)CS/C1=N\C(=S)NOC(C)c1ccc(-c2ncn(-c3ccc(OC(F)(F)F)cc3)n2)cc1. The van der Waals surface area contributed by atoms with Crippen molar-refractivity contribution in [1.82, 2.24) is 20.2 Å². The van der Waals surface area contributed by atoms with Crippen LogP contribution in [0.2, 0.25) is 0 Å². The molecule has 3 aromatic carbocycles. The summed E-state index contributed by atoms with van der Waals surface area (Å²) in [6.07, 6.45) is -3.69. The van der Waals surface area contributed by atoms with Gasteiger partial charge in [0.25, 0.3) is 0 Å². The number of carbonyl (C=O) groups is 1. The zero-order chi connectivity index (χ0) is 31.4. The van der Waals surface area contributed by atoms with E-state index in [1.54, 1.807) is 4.90 Å². The highest BCUT2D eigenvalue weighted by Gasteiger charge is 2.32. The fourth-order valence-electron chi connectivity index (χ4n) is 4.40. The van der Waals surface area contributed by atoms with Crippen LogP contribution in [0.25, 0.3) is 17.1 Å². The van der Waals surface area contributed by atoms with Crippen molar-refractivity contribution in [2.45, 2.75) is 39.2 Å². The lowest BCUT2D eigenvalue weighted by molar-refractivity contribution is -0.274. The van der Waals surface area contributed by atoms with Gasteiger partial charge in [-0.05, 0) is 66.5 Å². The minimum Gasteiger partial charge on any atom is -0.406 e. The van der Waals surface area contributed by atoms with Crippen LogP contribution in [0.1, 0.15) is 43.9 Å². The fourth-order valence-corrected chi connectivity index (χ4v) is 5.46. The van der Waals surface area contributed by atoms with Crippen LogP contribution in [-0.4, -0.2) is 43.1 Å². The van der Waals surface area contributed by atoms with Crippen LogP contribution in [-0.2, 0) is 9.63 Å². The zero-order valence-electron chi connectivity index (χ0n) is 23.8. The van der Waals surface area contributed by atoms with E-state index in [-0.39, 0.29) is 28.4 Å². The van der Waals surface area contributed by atoms with Crippen molar-refractivity contribution < 1.29 is 27.5 Å². The van der Waals surface area contributed by atoms with Gasteiger partial charge in [-0.2, -0.15) is 4.99 Å². The summed E-state index contributed by atoms with van der Waals surface area (Å²) < 4.78 is 42.6. The number of benzene rings is 3. The van der Waals surface area contributed by atoms with Crippen LogP contribution in [0.3, 0.4) is 0 Å². The van der Waals surface area contributed by atoms with Crippen molar-refractivity contribution >= 4 is 45.9 Å². The Kier molecular flexibility index (Phi) is 9.32.